The van der Waals surface area contributed by atoms with Crippen molar-refractivity contribution in [2.24, 2.45) is 0 Å². The maximum atomic E-state index is 12.8. The Morgan fingerprint density at radius 1 is 1.07 bits per heavy atom. The van der Waals surface area contributed by atoms with Crippen molar-refractivity contribution < 1.29 is 4.79 Å². The fourth-order valence-electron chi connectivity index (χ4n) is 4.75. The lowest BCUT2D eigenvalue weighted by atomic mass is 10.0. The molecule has 0 bridgehead atoms. The van der Waals surface area contributed by atoms with Gasteiger partial charge in [-0.25, -0.2) is 4.79 Å². The van der Waals surface area contributed by atoms with Crippen molar-refractivity contribution in [1.82, 2.24) is 14.6 Å². The van der Waals surface area contributed by atoms with Crippen LogP contribution in [-0.4, -0.2) is 53.7 Å². The summed E-state index contributed by atoms with van der Waals surface area (Å²) in [6.07, 6.45) is 2.82. The molecule has 0 aliphatic carbocycles. The number of para-hydroxylation sites is 1. The molecule has 3 aromatic rings. The number of amides is 2. The highest BCUT2D eigenvalue weighted by Gasteiger charge is 2.49. The third kappa shape index (κ3) is 2.96. The fraction of sp³-hybridized carbons (Fsp3) is 0.364. The minimum absolute atomic E-state index is 0.00472. The highest BCUT2D eigenvalue weighted by Crippen LogP contribution is 2.36. The second kappa shape index (κ2) is 7.31. The van der Waals surface area contributed by atoms with Gasteiger partial charge < -0.3 is 10.2 Å². The fourth-order valence-corrected chi connectivity index (χ4v) is 5.54. The number of fused-ring (bicyclic) bond motifs is 1. The molecule has 2 fully saturated rings. The van der Waals surface area contributed by atoms with Crippen LogP contribution in [0.3, 0.4) is 0 Å². The van der Waals surface area contributed by atoms with Crippen LogP contribution in [0.15, 0.2) is 54.7 Å². The van der Waals surface area contributed by atoms with Gasteiger partial charge in [-0.1, -0.05) is 37.3 Å². The number of hydrogen-bond acceptors (Lipinski definition) is 5. The van der Waals surface area contributed by atoms with Crippen LogP contribution < -0.4 is 15.1 Å². The van der Waals surface area contributed by atoms with E-state index in [2.05, 4.69) is 44.6 Å². The van der Waals surface area contributed by atoms with Crippen molar-refractivity contribution in [3.63, 3.8) is 0 Å². The molecule has 0 radical (unpaired) electrons. The Morgan fingerprint density at radius 2 is 1.86 bits per heavy atom. The van der Waals surface area contributed by atoms with Crippen molar-refractivity contribution in [1.29, 1.82) is 0 Å². The largest absolute Gasteiger partial charge is 0.368 e. The molecule has 2 saturated heterocycles. The minimum atomic E-state index is -0.318. The topological polar surface area (TPSA) is 51.7 Å². The van der Waals surface area contributed by atoms with Crippen LogP contribution in [0.4, 0.5) is 16.2 Å². The van der Waals surface area contributed by atoms with Gasteiger partial charge in [0.05, 0.1) is 16.9 Å². The van der Waals surface area contributed by atoms with Crippen LogP contribution in [0.2, 0.25) is 0 Å². The summed E-state index contributed by atoms with van der Waals surface area (Å²) >= 11 is 1.57. The van der Waals surface area contributed by atoms with Gasteiger partial charge in [-0.05, 0) is 36.2 Å². The molecule has 0 spiro atoms. The van der Waals surface area contributed by atoms with Gasteiger partial charge in [0, 0.05) is 43.4 Å². The summed E-state index contributed by atoms with van der Waals surface area (Å²) in [5.41, 5.74) is 1.91. The van der Waals surface area contributed by atoms with E-state index < -0.39 is 0 Å². The maximum absolute atomic E-state index is 12.8. The standard InChI is InChI=1S/C22H25N5OS/c1-2-22(16-23-21(28)27(22)18-8-4-3-5-9-18)26-13-11-25(12-14-26)19-10-6-7-17-15-24-29-20(17)19/h3-10,15H,2,11-14,16H2,1H3,(H,23,28). The van der Waals surface area contributed by atoms with Gasteiger partial charge in [-0.3, -0.25) is 9.80 Å². The van der Waals surface area contributed by atoms with E-state index in [0.29, 0.717) is 6.54 Å². The molecule has 150 valence electrons. The number of nitrogens with zero attached hydrogens (tertiary/aromatic N) is 4. The first-order chi connectivity index (χ1) is 14.2. The van der Waals surface area contributed by atoms with Gasteiger partial charge in [0.2, 0.25) is 0 Å². The van der Waals surface area contributed by atoms with Crippen molar-refractivity contribution in [2.45, 2.75) is 19.0 Å². The van der Waals surface area contributed by atoms with E-state index in [1.165, 1.54) is 15.8 Å². The number of anilines is 2. The summed E-state index contributed by atoms with van der Waals surface area (Å²) in [5.74, 6) is 0. The molecule has 5 rings (SSSR count). The first-order valence-electron chi connectivity index (χ1n) is 10.2. The van der Waals surface area contributed by atoms with Crippen molar-refractivity contribution in [3.05, 3.63) is 54.7 Å². The van der Waals surface area contributed by atoms with Crippen molar-refractivity contribution in [3.8, 4) is 0 Å². The molecule has 2 aliphatic rings. The molecular formula is C22H25N5OS. The number of rotatable bonds is 4. The molecule has 1 aromatic heterocycles. The molecule has 1 N–H and O–H groups in total. The molecule has 7 heteroatoms. The van der Waals surface area contributed by atoms with E-state index in [-0.39, 0.29) is 11.7 Å². The van der Waals surface area contributed by atoms with Gasteiger partial charge in [-0.2, -0.15) is 4.37 Å². The summed E-state index contributed by atoms with van der Waals surface area (Å²) in [4.78, 5) is 19.7. The first-order valence-corrected chi connectivity index (χ1v) is 11.0. The van der Waals surface area contributed by atoms with Crippen LogP contribution in [-0.2, 0) is 0 Å². The van der Waals surface area contributed by atoms with E-state index in [4.69, 9.17) is 0 Å². The van der Waals surface area contributed by atoms with E-state index in [1.807, 2.05) is 41.4 Å². The molecule has 2 amide bonds. The van der Waals surface area contributed by atoms with Gasteiger partial charge in [0.15, 0.2) is 0 Å². The normalized spacial score (nSPS) is 23.0. The van der Waals surface area contributed by atoms with Gasteiger partial charge in [0.25, 0.3) is 0 Å². The lowest BCUT2D eigenvalue weighted by molar-refractivity contribution is 0.0955. The number of nitrogens with one attached hydrogen (secondary N) is 1. The number of aromatic nitrogens is 1. The molecule has 29 heavy (non-hydrogen) atoms. The third-order valence-corrected chi connectivity index (χ3v) is 7.13. The van der Waals surface area contributed by atoms with E-state index in [9.17, 15) is 4.79 Å². The van der Waals surface area contributed by atoms with Gasteiger partial charge >= 0.3 is 6.03 Å². The Morgan fingerprint density at radius 3 is 2.62 bits per heavy atom. The van der Waals surface area contributed by atoms with Crippen LogP contribution in [0.5, 0.6) is 0 Å². The number of carbonyl (C=O) groups is 1. The second-order valence-electron chi connectivity index (χ2n) is 7.66. The number of urea groups is 1. The predicted octanol–water partition coefficient (Wildman–Crippen LogP) is 3.75. The Balaban J connectivity index is 1.40. The van der Waals surface area contributed by atoms with Crippen LogP contribution in [0.1, 0.15) is 13.3 Å². The summed E-state index contributed by atoms with van der Waals surface area (Å²) in [6, 6.07) is 16.5. The van der Waals surface area contributed by atoms with Crippen LogP contribution in [0, 0.1) is 0 Å². The zero-order chi connectivity index (χ0) is 19.8. The smallest absolute Gasteiger partial charge is 0.323 e. The lowest BCUT2D eigenvalue weighted by Gasteiger charge is -2.49. The van der Waals surface area contributed by atoms with Crippen LogP contribution in [0.25, 0.3) is 10.1 Å². The Kier molecular flexibility index (Phi) is 4.64. The Labute approximate surface area is 174 Å². The summed E-state index contributed by atoms with van der Waals surface area (Å²) < 4.78 is 5.62. The van der Waals surface area contributed by atoms with Crippen LogP contribution >= 0.6 is 11.5 Å². The number of piperazine rings is 1. The average Bonchev–Trinajstić information content (AvgIpc) is 3.39. The third-order valence-electron chi connectivity index (χ3n) is 6.29. The van der Waals surface area contributed by atoms with E-state index in [0.717, 1.165) is 38.3 Å². The molecule has 3 heterocycles. The van der Waals surface area contributed by atoms with Gasteiger partial charge in [-0.15, -0.1) is 0 Å². The maximum Gasteiger partial charge on any atom is 0.323 e. The highest BCUT2D eigenvalue weighted by molar-refractivity contribution is 7.14. The molecule has 6 nitrogen and oxygen atoms in total. The number of carbonyl (C=O) groups excluding carboxylic acids is 1. The predicted molar refractivity (Wildman–Crippen MR) is 119 cm³/mol. The second-order valence-corrected chi connectivity index (χ2v) is 8.46. The Bertz CT molecular complexity index is 1010. The minimum Gasteiger partial charge on any atom is -0.368 e. The van der Waals surface area contributed by atoms with E-state index >= 15 is 0 Å². The molecule has 2 aromatic carbocycles. The number of benzene rings is 2. The average molecular weight is 408 g/mol. The summed E-state index contributed by atoms with van der Waals surface area (Å²) in [5, 5.41) is 4.31. The lowest BCUT2D eigenvalue weighted by Crippen LogP contribution is -2.64. The SMILES string of the molecule is CCC1(N2CCN(c3cccc4cnsc34)CC2)CNC(=O)N1c1ccccc1. The van der Waals surface area contributed by atoms with Gasteiger partial charge in [0.1, 0.15) is 5.66 Å². The van der Waals surface area contributed by atoms with Crippen molar-refractivity contribution >= 4 is 39.0 Å². The molecular weight excluding hydrogens is 382 g/mol. The monoisotopic (exact) mass is 407 g/mol. The van der Waals surface area contributed by atoms with E-state index in [1.54, 1.807) is 11.5 Å². The zero-order valence-electron chi connectivity index (χ0n) is 16.5. The highest BCUT2D eigenvalue weighted by atomic mass is 32.1. The number of hydrogen-bond donors (Lipinski definition) is 1. The molecule has 1 atom stereocenters. The molecule has 1 unspecified atom stereocenters. The first kappa shape index (κ1) is 18.4. The molecule has 2 aliphatic heterocycles. The summed E-state index contributed by atoms with van der Waals surface area (Å²) in [7, 11) is 0. The zero-order valence-corrected chi connectivity index (χ0v) is 17.4. The molecule has 0 saturated carbocycles. The summed E-state index contributed by atoms with van der Waals surface area (Å²) in [6.45, 7) is 6.55. The Hall–Kier alpha value is -2.64. The quantitative estimate of drug-likeness (QED) is 0.716. The van der Waals surface area contributed by atoms with Crippen molar-refractivity contribution in [2.75, 3.05) is 42.5 Å².